The van der Waals surface area contributed by atoms with Crippen LogP contribution in [0, 0.1) is 0 Å². The van der Waals surface area contributed by atoms with Gasteiger partial charge < -0.3 is 10.3 Å². The number of H-pyrrole nitrogens is 1. The third-order valence-electron chi connectivity index (χ3n) is 3.07. The number of hydrogen-bond donors (Lipinski definition) is 2. The summed E-state index contributed by atoms with van der Waals surface area (Å²) >= 11 is 13.1. The molecule has 0 aliphatic carbocycles. The van der Waals surface area contributed by atoms with Crippen LogP contribution in [0.1, 0.15) is 6.92 Å². The minimum atomic E-state index is -0.371. The maximum atomic E-state index is 12.3. The smallest absolute Gasteiger partial charge is 0.238 e. The molecule has 8 heteroatoms. The summed E-state index contributed by atoms with van der Waals surface area (Å²) in [6.45, 7) is 1.79. The van der Waals surface area contributed by atoms with Crippen molar-refractivity contribution in [3.05, 3.63) is 46.6 Å². The minimum absolute atomic E-state index is 0.216. The number of aromatic nitrogens is 3. The number of nitrogens with zero attached hydrogens (tertiary/aromatic N) is 2. The van der Waals surface area contributed by atoms with Crippen LogP contribution in [0.2, 0.25) is 10.0 Å². The van der Waals surface area contributed by atoms with Crippen molar-refractivity contribution >= 4 is 57.7 Å². The third-order valence-corrected chi connectivity index (χ3v) is 4.55. The van der Waals surface area contributed by atoms with E-state index in [1.54, 1.807) is 6.92 Å². The molecule has 0 radical (unpaired) electrons. The molecule has 5 nitrogen and oxygen atoms in total. The zero-order valence-corrected chi connectivity index (χ0v) is 14.3. The lowest BCUT2D eigenvalue weighted by molar-refractivity contribution is -0.115. The Kier molecular flexibility index (Phi) is 4.75. The number of anilines is 1. The van der Waals surface area contributed by atoms with Crippen LogP contribution in [0.4, 0.5) is 5.82 Å². The van der Waals surface area contributed by atoms with Gasteiger partial charge in [-0.2, -0.15) is 0 Å². The number of imidazole rings is 1. The number of amides is 1. The molecule has 23 heavy (non-hydrogen) atoms. The number of hydrogen-bond acceptors (Lipinski definition) is 4. The number of carbonyl (C=O) groups excluding carboxylic acids is 1. The van der Waals surface area contributed by atoms with Crippen LogP contribution in [0.5, 0.6) is 0 Å². The van der Waals surface area contributed by atoms with E-state index in [1.807, 2.05) is 24.3 Å². The second-order valence-electron chi connectivity index (χ2n) is 4.79. The predicted molar refractivity (Wildman–Crippen MR) is 94.3 cm³/mol. The summed E-state index contributed by atoms with van der Waals surface area (Å²) in [7, 11) is 0. The first kappa shape index (κ1) is 16.1. The molecule has 1 atom stereocenters. The van der Waals surface area contributed by atoms with Gasteiger partial charge in [-0.1, -0.05) is 47.1 Å². The Morgan fingerprint density at radius 1 is 1.35 bits per heavy atom. The van der Waals surface area contributed by atoms with E-state index < -0.39 is 0 Å². The van der Waals surface area contributed by atoms with E-state index in [2.05, 4.69) is 20.3 Å². The quantitative estimate of drug-likeness (QED) is 0.672. The Balaban J connectivity index is 1.69. The molecular formula is C15H12Cl2N4OS. The van der Waals surface area contributed by atoms with E-state index in [-0.39, 0.29) is 17.0 Å². The SMILES string of the molecule is CC(Sc1nc2ccccc2[nH]1)C(=O)Nc1ncc(Cl)cc1Cl. The van der Waals surface area contributed by atoms with Gasteiger partial charge >= 0.3 is 0 Å². The summed E-state index contributed by atoms with van der Waals surface area (Å²) in [4.78, 5) is 23.9. The van der Waals surface area contributed by atoms with Crippen LogP contribution in [0.25, 0.3) is 11.0 Å². The van der Waals surface area contributed by atoms with Crippen LogP contribution in [-0.4, -0.2) is 26.1 Å². The number of aromatic amines is 1. The average Bonchev–Trinajstić information content (AvgIpc) is 2.92. The Bertz CT molecular complexity index is 835. The molecule has 2 N–H and O–H groups in total. The van der Waals surface area contributed by atoms with E-state index in [1.165, 1.54) is 24.0 Å². The molecule has 0 saturated carbocycles. The molecule has 0 bridgehead atoms. The van der Waals surface area contributed by atoms with Gasteiger partial charge in [0.1, 0.15) is 0 Å². The zero-order valence-electron chi connectivity index (χ0n) is 12.0. The van der Waals surface area contributed by atoms with Crippen molar-refractivity contribution in [2.75, 3.05) is 5.32 Å². The average molecular weight is 367 g/mol. The van der Waals surface area contributed by atoms with Crippen LogP contribution in [0.3, 0.4) is 0 Å². The summed E-state index contributed by atoms with van der Waals surface area (Å²) in [5, 5.41) is 3.71. The van der Waals surface area contributed by atoms with Gasteiger partial charge in [-0.25, -0.2) is 9.97 Å². The zero-order chi connectivity index (χ0) is 16.4. The number of carbonyl (C=O) groups is 1. The first-order valence-corrected chi connectivity index (χ1v) is 8.40. The van der Waals surface area contributed by atoms with E-state index in [0.29, 0.717) is 15.2 Å². The molecule has 3 rings (SSSR count). The molecule has 1 amide bonds. The number of benzene rings is 1. The molecule has 2 aromatic heterocycles. The highest BCUT2D eigenvalue weighted by Gasteiger charge is 2.18. The predicted octanol–water partition coefficient (Wildman–Crippen LogP) is 4.38. The van der Waals surface area contributed by atoms with Gasteiger partial charge in [-0.05, 0) is 25.1 Å². The summed E-state index contributed by atoms with van der Waals surface area (Å²) in [5.74, 6) is 0.0744. The van der Waals surface area contributed by atoms with Crippen LogP contribution < -0.4 is 5.32 Å². The normalized spacial score (nSPS) is 12.3. The Morgan fingerprint density at radius 3 is 2.87 bits per heavy atom. The van der Waals surface area contributed by atoms with Crippen molar-refractivity contribution in [3.63, 3.8) is 0 Å². The highest BCUT2D eigenvalue weighted by atomic mass is 35.5. The topological polar surface area (TPSA) is 70.7 Å². The van der Waals surface area contributed by atoms with Gasteiger partial charge in [0.05, 0.1) is 26.3 Å². The summed E-state index contributed by atoms with van der Waals surface area (Å²) in [6.07, 6.45) is 1.43. The number of halogens is 2. The van der Waals surface area contributed by atoms with E-state index in [0.717, 1.165) is 11.0 Å². The number of rotatable bonds is 4. The first-order valence-electron chi connectivity index (χ1n) is 6.76. The number of para-hydroxylation sites is 2. The summed E-state index contributed by atoms with van der Waals surface area (Å²) < 4.78 is 0. The third kappa shape index (κ3) is 3.77. The van der Waals surface area contributed by atoms with Gasteiger partial charge in [-0.3, -0.25) is 4.79 Å². The van der Waals surface area contributed by atoms with Crippen molar-refractivity contribution < 1.29 is 4.79 Å². The number of thioether (sulfide) groups is 1. The second kappa shape index (κ2) is 6.78. The van der Waals surface area contributed by atoms with Gasteiger partial charge in [0, 0.05) is 6.20 Å². The Labute approximate surface area is 146 Å². The molecule has 3 aromatic rings. The van der Waals surface area contributed by atoms with Crippen LogP contribution in [0.15, 0.2) is 41.7 Å². The lowest BCUT2D eigenvalue weighted by Gasteiger charge is -2.11. The van der Waals surface area contributed by atoms with Crippen molar-refractivity contribution in [1.82, 2.24) is 15.0 Å². The van der Waals surface area contributed by atoms with E-state index in [9.17, 15) is 4.79 Å². The molecule has 1 unspecified atom stereocenters. The molecule has 1 aromatic carbocycles. The maximum absolute atomic E-state index is 12.3. The van der Waals surface area contributed by atoms with Crippen molar-refractivity contribution in [2.24, 2.45) is 0 Å². The fraction of sp³-hybridized carbons (Fsp3) is 0.133. The van der Waals surface area contributed by atoms with Gasteiger partial charge in [0.25, 0.3) is 0 Å². The molecule has 0 aliphatic rings. The molecule has 0 saturated heterocycles. The Morgan fingerprint density at radius 2 is 2.13 bits per heavy atom. The van der Waals surface area contributed by atoms with Crippen LogP contribution >= 0.6 is 35.0 Å². The first-order chi connectivity index (χ1) is 11.0. The maximum Gasteiger partial charge on any atom is 0.238 e. The van der Waals surface area contributed by atoms with Gasteiger partial charge in [0.2, 0.25) is 5.91 Å². The Hall–Kier alpha value is -1.76. The summed E-state index contributed by atoms with van der Waals surface area (Å²) in [6, 6.07) is 9.23. The number of pyridine rings is 1. The lowest BCUT2D eigenvalue weighted by Crippen LogP contribution is -2.23. The number of fused-ring (bicyclic) bond motifs is 1. The van der Waals surface area contributed by atoms with Crippen molar-refractivity contribution in [3.8, 4) is 0 Å². The molecular weight excluding hydrogens is 355 g/mol. The van der Waals surface area contributed by atoms with Gasteiger partial charge in [-0.15, -0.1) is 0 Å². The molecule has 2 heterocycles. The number of nitrogens with one attached hydrogen (secondary N) is 2. The fourth-order valence-electron chi connectivity index (χ4n) is 1.93. The monoisotopic (exact) mass is 366 g/mol. The lowest BCUT2D eigenvalue weighted by atomic mass is 10.3. The molecule has 0 aliphatic heterocycles. The molecule has 0 fully saturated rings. The van der Waals surface area contributed by atoms with Crippen molar-refractivity contribution in [2.45, 2.75) is 17.3 Å². The fourth-order valence-corrected chi connectivity index (χ4v) is 3.18. The standard InChI is InChI=1S/C15H12Cl2N4OS/c1-8(14(22)21-13-10(17)6-9(16)7-18-13)23-15-19-11-4-2-3-5-12(11)20-15/h2-8H,1H3,(H,19,20)(H,18,21,22). The highest BCUT2D eigenvalue weighted by Crippen LogP contribution is 2.26. The highest BCUT2D eigenvalue weighted by molar-refractivity contribution is 8.00. The van der Waals surface area contributed by atoms with E-state index in [4.69, 9.17) is 23.2 Å². The molecule has 118 valence electrons. The second-order valence-corrected chi connectivity index (χ2v) is 6.97. The van der Waals surface area contributed by atoms with Gasteiger partial charge in [0.15, 0.2) is 11.0 Å². The van der Waals surface area contributed by atoms with E-state index >= 15 is 0 Å². The van der Waals surface area contributed by atoms with Crippen molar-refractivity contribution in [1.29, 1.82) is 0 Å². The summed E-state index contributed by atoms with van der Waals surface area (Å²) in [5.41, 5.74) is 1.80. The molecule has 0 spiro atoms. The minimum Gasteiger partial charge on any atom is -0.333 e. The van der Waals surface area contributed by atoms with Crippen LogP contribution in [-0.2, 0) is 4.79 Å². The largest absolute Gasteiger partial charge is 0.333 e.